The van der Waals surface area contributed by atoms with Crippen LogP contribution in [-0.2, 0) is 0 Å². The first-order valence-corrected chi connectivity index (χ1v) is 7.71. The Morgan fingerprint density at radius 3 is 2.65 bits per heavy atom. The van der Waals surface area contributed by atoms with Crippen molar-refractivity contribution in [3.05, 3.63) is 0 Å². The van der Waals surface area contributed by atoms with Crippen LogP contribution in [0.3, 0.4) is 0 Å². The molecule has 0 spiro atoms. The van der Waals surface area contributed by atoms with Gasteiger partial charge in [-0.05, 0) is 32.1 Å². The molecular weight excluding hydrogens is 208 g/mol. The second-order valence-electron chi connectivity index (χ2n) is 6.27. The summed E-state index contributed by atoms with van der Waals surface area (Å²) in [7, 11) is 0. The topological polar surface area (TPSA) is 15.3 Å². The molecule has 4 atom stereocenters. The first-order chi connectivity index (χ1) is 8.22. The third kappa shape index (κ3) is 3.23. The average molecular weight is 238 g/mol. The van der Waals surface area contributed by atoms with Crippen molar-refractivity contribution in [2.45, 2.75) is 77.4 Å². The van der Waals surface area contributed by atoms with Gasteiger partial charge in [0, 0.05) is 31.2 Å². The predicted octanol–water partition coefficient (Wildman–Crippen LogP) is 3.03. The van der Waals surface area contributed by atoms with Gasteiger partial charge >= 0.3 is 0 Å². The van der Waals surface area contributed by atoms with Gasteiger partial charge < -0.3 is 5.32 Å². The Bertz CT molecular complexity index is 229. The molecule has 0 aromatic heterocycles. The molecule has 1 aliphatic carbocycles. The van der Waals surface area contributed by atoms with Crippen LogP contribution in [0.2, 0.25) is 0 Å². The lowest BCUT2D eigenvalue weighted by atomic mass is 9.83. The van der Waals surface area contributed by atoms with Crippen molar-refractivity contribution < 1.29 is 0 Å². The van der Waals surface area contributed by atoms with Crippen LogP contribution in [0, 0.1) is 5.92 Å². The highest BCUT2D eigenvalue weighted by Crippen LogP contribution is 2.30. The summed E-state index contributed by atoms with van der Waals surface area (Å²) in [5, 5.41) is 3.71. The maximum atomic E-state index is 3.71. The number of nitrogens with zero attached hydrogens (tertiary/aromatic N) is 1. The minimum absolute atomic E-state index is 0.730. The fourth-order valence-electron chi connectivity index (χ4n) is 3.75. The summed E-state index contributed by atoms with van der Waals surface area (Å²) in [4.78, 5) is 2.82. The van der Waals surface area contributed by atoms with Crippen molar-refractivity contribution >= 4 is 0 Å². The molecule has 0 aromatic rings. The van der Waals surface area contributed by atoms with Crippen molar-refractivity contribution in [1.29, 1.82) is 0 Å². The van der Waals surface area contributed by atoms with Gasteiger partial charge in [-0.3, -0.25) is 4.90 Å². The Hall–Kier alpha value is -0.0800. The summed E-state index contributed by atoms with van der Waals surface area (Å²) in [6, 6.07) is 2.33. The minimum Gasteiger partial charge on any atom is -0.311 e. The van der Waals surface area contributed by atoms with Crippen LogP contribution in [0.5, 0.6) is 0 Å². The van der Waals surface area contributed by atoms with E-state index in [0.717, 1.165) is 24.0 Å². The number of rotatable bonds is 3. The molecule has 1 aliphatic heterocycles. The van der Waals surface area contributed by atoms with E-state index < -0.39 is 0 Å². The Balaban J connectivity index is 1.96. The van der Waals surface area contributed by atoms with Crippen LogP contribution >= 0.6 is 0 Å². The molecule has 1 N–H and O–H groups in total. The van der Waals surface area contributed by atoms with E-state index in [1.165, 1.54) is 51.6 Å². The Morgan fingerprint density at radius 2 is 1.94 bits per heavy atom. The van der Waals surface area contributed by atoms with Crippen LogP contribution < -0.4 is 5.32 Å². The van der Waals surface area contributed by atoms with Gasteiger partial charge in [0.2, 0.25) is 0 Å². The van der Waals surface area contributed by atoms with Crippen molar-refractivity contribution in [2.75, 3.05) is 13.1 Å². The second-order valence-corrected chi connectivity index (χ2v) is 6.27. The molecule has 1 saturated carbocycles. The molecule has 4 unspecified atom stereocenters. The lowest BCUT2D eigenvalue weighted by Crippen LogP contribution is -2.60. The molecule has 2 fully saturated rings. The van der Waals surface area contributed by atoms with Gasteiger partial charge in [-0.15, -0.1) is 0 Å². The van der Waals surface area contributed by atoms with Gasteiger partial charge in [-0.1, -0.05) is 33.1 Å². The second kappa shape index (κ2) is 6.19. The standard InChI is InChI=1S/C15H30N2/c1-4-7-14-11-17(13(3)10-16-14)15-9-6-5-8-12(15)2/h12-16H,4-11H2,1-3H3. The zero-order valence-corrected chi connectivity index (χ0v) is 11.9. The normalized spacial score (nSPS) is 40.4. The molecule has 1 heterocycles. The Labute approximate surface area is 107 Å². The van der Waals surface area contributed by atoms with Gasteiger partial charge in [0.25, 0.3) is 0 Å². The van der Waals surface area contributed by atoms with Gasteiger partial charge in [0.05, 0.1) is 0 Å². The maximum Gasteiger partial charge on any atom is 0.0196 e. The van der Waals surface area contributed by atoms with E-state index in [0.29, 0.717) is 0 Å². The Kier molecular flexibility index (Phi) is 4.87. The SMILES string of the molecule is CCCC1CN(C2CCCCC2C)C(C)CN1. The summed E-state index contributed by atoms with van der Waals surface area (Å²) >= 11 is 0. The third-order valence-corrected chi connectivity index (χ3v) is 4.83. The molecule has 17 heavy (non-hydrogen) atoms. The zero-order chi connectivity index (χ0) is 12.3. The molecule has 0 radical (unpaired) electrons. The highest BCUT2D eigenvalue weighted by molar-refractivity contribution is 4.90. The number of hydrogen-bond donors (Lipinski definition) is 1. The molecule has 100 valence electrons. The Morgan fingerprint density at radius 1 is 1.18 bits per heavy atom. The summed E-state index contributed by atoms with van der Waals surface area (Å²) < 4.78 is 0. The zero-order valence-electron chi connectivity index (χ0n) is 11.9. The van der Waals surface area contributed by atoms with Crippen molar-refractivity contribution in [1.82, 2.24) is 10.2 Å². The molecule has 1 saturated heterocycles. The molecule has 0 aromatic carbocycles. The van der Waals surface area contributed by atoms with Crippen molar-refractivity contribution in [3.8, 4) is 0 Å². The number of hydrogen-bond acceptors (Lipinski definition) is 2. The van der Waals surface area contributed by atoms with E-state index in [1.54, 1.807) is 0 Å². The molecule has 0 bridgehead atoms. The van der Waals surface area contributed by atoms with Crippen LogP contribution in [-0.4, -0.2) is 36.1 Å². The monoisotopic (exact) mass is 238 g/mol. The van der Waals surface area contributed by atoms with E-state index >= 15 is 0 Å². The highest BCUT2D eigenvalue weighted by Gasteiger charge is 2.33. The minimum atomic E-state index is 0.730. The van der Waals surface area contributed by atoms with Crippen molar-refractivity contribution in [3.63, 3.8) is 0 Å². The number of piperazine rings is 1. The fraction of sp³-hybridized carbons (Fsp3) is 1.00. The highest BCUT2D eigenvalue weighted by atomic mass is 15.3. The summed E-state index contributed by atoms with van der Waals surface area (Å²) in [6.45, 7) is 9.63. The predicted molar refractivity (Wildman–Crippen MR) is 74.3 cm³/mol. The van der Waals surface area contributed by atoms with E-state index in [1.807, 2.05) is 0 Å². The van der Waals surface area contributed by atoms with E-state index in [4.69, 9.17) is 0 Å². The first kappa shape index (κ1) is 13.4. The van der Waals surface area contributed by atoms with Gasteiger partial charge in [-0.25, -0.2) is 0 Å². The summed E-state index contributed by atoms with van der Waals surface area (Å²) in [6.07, 6.45) is 8.43. The first-order valence-electron chi connectivity index (χ1n) is 7.71. The van der Waals surface area contributed by atoms with E-state index in [-0.39, 0.29) is 0 Å². The van der Waals surface area contributed by atoms with Crippen LogP contribution in [0.1, 0.15) is 59.3 Å². The van der Waals surface area contributed by atoms with Gasteiger partial charge in [0.15, 0.2) is 0 Å². The molecule has 2 rings (SSSR count). The van der Waals surface area contributed by atoms with Crippen LogP contribution in [0.25, 0.3) is 0 Å². The maximum absolute atomic E-state index is 3.71. The molecular formula is C15H30N2. The average Bonchev–Trinajstić information content (AvgIpc) is 2.33. The van der Waals surface area contributed by atoms with Crippen molar-refractivity contribution in [2.24, 2.45) is 5.92 Å². The van der Waals surface area contributed by atoms with E-state index in [9.17, 15) is 0 Å². The van der Waals surface area contributed by atoms with Gasteiger partial charge in [-0.2, -0.15) is 0 Å². The van der Waals surface area contributed by atoms with E-state index in [2.05, 4.69) is 31.0 Å². The summed E-state index contributed by atoms with van der Waals surface area (Å²) in [5.41, 5.74) is 0. The molecule has 2 aliphatic rings. The molecule has 2 heteroatoms. The lowest BCUT2D eigenvalue weighted by Gasteiger charge is -2.47. The lowest BCUT2D eigenvalue weighted by molar-refractivity contribution is 0.0409. The summed E-state index contributed by atoms with van der Waals surface area (Å²) in [5.74, 6) is 0.909. The molecule has 2 nitrogen and oxygen atoms in total. The smallest absolute Gasteiger partial charge is 0.0196 e. The van der Waals surface area contributed by atoms with Crippen LogP contribution in [0.15, 0.2) is 0 Å². The largest absolute Gasteiger partial charge is 0.311 e. The number of nitrogens with one attached hydrogen (secondary N) is 1. The third-order valence-electron chi connectivity index (χ3n) is 4.83. The van der Waals surface area contributed by atoms with Crippen LogP contribution in [0.4, 0.5) is 0 Å². The quantitative estimate of drug-likeness (QED) is 0.813. The van der Waals surface area contributed by atoms with Gasteiger partial charge in [0.1, 0.15) is 0 Å². The fourth-order valence-corrected chi connectivity index (χ4v) is 3.75. The molecule has 0 amide bonds.